The minimum atomic E-state index is -0.749. The molecule has 5 nitrogen and oxygen atoms in total. The van der Waals surface area contributed by atoms with Crippen molar-refractivity contribution in [2.45, 2.75) is 24.8 Å². The van der Waals surface area contributed by atoms with Gasteiger partial charge in [-0.15, -0.1) is 12.4 Å². The van der Waals surface area contributed by atoms with Gasteiger partial charge in [0.25, 0.3) is 0 Å². The van der Waals surface area contributed by atoms with Crippen molar-refractivity contribution in [3.63, 3.8) is 0 Å². The monoisotopic (exact) mass is 284 g/mol. The molecule has 0 spiro atoms. The highest BCUT2D eigenvalue weighted by Crippen LogP contribution is 2.30. The van der Waals surface area contributed by atoms with E-state index in [1.165, 1.54) is 7.11 Å². The van der Waals surface area contributed by atoms with Gasteiger partial charge in [-0.2, -0.15) is 0 Å². The number of ether oxygens (including phenoxy) is 1. The van der Waals surface area contributed by atoms with Gasteiger partial charge in [-0.3, -0.25) is 4.79 Å². The predicted octanol–water partition coefficient (Wildman–Crippen LogP) is 1.71. The molecule has 0 aromatic heterocycles. The lowest BCUT2D eigenvalue weighted by Gasteiger charge is -2.36. The van der Waals surface area contributed by atoms with Crippen molar-refractivity contribution < 1.29 is 14.3 Å². The van der Waals surface area contributed by atoms with E-state index in [2.05, 4.69) is 10.1 Å². The van der Waals surface area contributed by atoms with Gasteiger partial charge in [0.05, 0.1) is 18.2 Å². The maximum absolute atomic E-state index is 11.9. The Hall–Kier alpha value is -1.59. The Kier molecular flexibility index (Phi) is 4.91. The van der Waals surface area contributed by atoms with Crippen molar-refractivity contribution in [1.82, 2.24) is 0 Å². The molecule has 1 fully saturated rings. The number of methoxy groups -OCH3 is 1. The number of rotatable bonds is 3. The number of nitrogens with two attached hydrogens (primary N) is 1. The van der Waals surface area contributed by atoms with Gasteiger partial charge in [0.1, 0.15) is 0 Å². The number of halogens is 1. The Morgan fingerprint density at radius 2 is 2.05 bits per heavy atom. The molecule has 0 heterocycles. The average molecular weight is 285 g/mol. The van der Waals surface area contributed by atoms with Crippen LogP contribution in [-0.4, -0.2) is 24.5 Å². The molecule has 3 N–H and O–H groups in total. The van der Waals surface area contributed by atoms with Crippen LogP contribution < -0.4 is 11.1 Å². The molecule has 1 aromatic rings. The van der Waals surface area contributed by atoms with E-state index in [1.54, 1.807) is 24.3 Å². The van der Waals surface area contributed by atoms with E-state index in [1.807, 2.05) is 0 Å². The summed E-state index contributed by atoms with van der Waals surface area (Å²) < 4.78 is 4.62. The molecule has 1 aliphatic carbocycles. The molecule has 0 bridgehead atoms. The summed E-state index contributed by atoms with van der Waals surface area (Å²) in [6, 6.07) is 6.60. The minimum Gasteiger partial charge on any atom is -0.465 e. The molecule has 104 valence electrons. The average Bonchev–Trinajstić information content (AvgIpc) is 2.35. The fourth-order valence-electron chi connectivity index (χ4n) is 1.88. The quantitative estimate of drug-likeness (QED) is 0.828. The maximum Gasteiger partial charge on any atom is 0.337 e. The Balaban J connectivity index is 0.00000180. The SMILES string of the molecule is COC(=O)c1cccc(NC(=O)C2(N)CCC2)c1.Cl. The second kappa shape index (κ2) is 6.04. The molecule has 19 heavy (non-hydrogen) atoms. The van der Waals surface area contributed by atoms with Crippen LogP contribution in [0.4, 0.5) is 5.69 Å². The molecule has 0 radical (unpaired) electrons. The first-order valence-corrected chi connectivity index (χ1v) is 5.84. The third-order valence-corrected chi connectivity index (χ3v) is 3.24. The summed E-state index contributed by atoms with van der Waals surface area (Å²) in [4.78, 5) is 23.3. The van der Waals surface area contributed by atoms with Gasteiger partial charge in [-0.25, -0.2) is 4.79 Å². The number of benzene rings is 1. The zero-order valence-electron chi connectivity index (χ0n) is 10.6. The second-order valence-corrected chi connectivity index (χ2v) is 4.54. The Morgan fingerprint density at radius 1 is 1.37 bits per heavy atom. The van der Waals surface area contributed by atoms with Crippen molar-refractivity contribution in [3.8, 4) is 0 Å². The van der Waals surface area contributed by atoms with Gasteiger partial charge in [-0.05, 0) is 37.5 Å². The first-order valence-electron chi connectivity index (χ1n) is 5.84. The van der Waals surface area contributed by atoms with Crippen LogP contribution in [-0.2, 0) is 9.53 Å². The molecule has 1 aliphatic rings. The molecular formula is C13H17ClN2O3. The number of carbonyl (C=O) groups is 2. The van der Waals surface area contributed by atoms with Crippen molar-refractivity contribution in [1.29, 1.82) is 0 Å². The van der Waals surface area contributed by atoms with Crippen molar-refractivity contribution in [3.05, 3.63) is 29.8 Å². The zero-order valence-corrected chi connectivity index (χ0v) is 11.5. The Labute approximate surface area is 117 Å². The molecule has 0 atom stereocenters. The lowest BCUT2D eigenvalue weighted by molar-refractivity contribution is -0.123. The van der Waals surface area contributed by atoms with Gasteiger partial charge < -0.3 is 15.8 Å². The van der Waals surface area contributed by atoms with E-state index >= 15 is 0 Å². The smallest absolute Gasteiger partial charge is 0.337 e. The first kappa shape index (κ1) is 15.5. The molecule has 0 aliphatic heterocycles. The molecule has 6 heteroatoms. The largest absolute Gasteiger partial charge is 0.465 e. The van der Waals surface area contributed by atoms with E-state index in [4.69, 9.17) is 5.73 Å². The van der Waals surface area contributed by atoms with Crippen molar-refractivity contribution in [2.24, 2.45) is 5.73 Å². The van der Waals surface area contributed by atoms with Crippen LogP contribution in [0.1, 0.15) is 29.6 Å². The van der Waals surface area contributed by atoms with Gasteiger partial charge in [0.15, 0.2) is 0 Å². The highest BCUT2D eigenvalue weighted by atomic mass is 35.5. The van der Waals surface area contributed by atoms with Crippen LogP contribution in [0.2, 0.25) is 0 Å². The number of carbonyl (C=O) groups excluding carboxylic acids is 2. The number of hydrogen-bond donors (Lipinski definition) is 2. The molecule has 1 amide bonds. The van der Waals surface area contributed by atoms with E-state index in [9.17, 15) is 9.59 Å². The van der Waals surface area contributed by atoms with Crippen LogP contribution in [0.15, 0.2) is 24.3 Å². The predicted molar refractivity (Wildman–Crippen MR) is 74.4 cm³/mol. The minimum absolute atomic E-state index is 0. The molecular weight excluding hydrogens is 268 g/mol. The summed E-state index contributed by atoms with van der Waals surface area (Å²) in [5.41, 5.74) is 6.12. The Morgan fingerprint density at radius 3 is 2.58 bits per heavy atom. The van der Waals surface area contributed by atoms with Gasteiger partial charge in [0.2, 0.25) is 5.91 Å². The summed E-state index contributed by atoms with van der Waals surface area (Å²) in [5.74, 6) is -0.632. The van der Waals surface area contributed by atoms with E-state index in [0.717, 1.165) is 6.42 Å². The van der Waals surface area contributed by atoms with Crippen LogP contribution in [0.5, 0.6) is 0 Å². The highest BCUT2D eigenvalue weighted by Gasteiger charge is 2.40. The summed E-state index contributed by atoms with van der Waals surface area (Å²) >= 11 is 0. The topological polar surface area (TPSA) is 81.4 Å². The summed E-state index contributed by atoms with van der Waals surface area (Å²) in [6.07, 6.45) is 2.39. The lowest BCUT2D eigenvalue weighted by atomic mass is 9.77. The van der Waals surface area contributed by atoms with Gasteiger partial charge in [-0.1, -0.05) is 6.07 Å². The number of hydrogen-bond acceptors (Lipinski definition) is 4. The van der Waals surface area contributed by atoms with E-state index in [-0.39, 0.29) is 18.3 Å². The normalized spacial score (nSPS) is 15.7. The van der Waals surface area contributed by atoms with Gasteiger partial charge in [0, 0.05) is 5.69 Å². The summed E-state index contributed by atoms with van der Waals surface area (Å²) in [6.45, 7) is 0. The van der Waals surface area contributed by atoms with Crippen molar-refractivity contribution in [2.75, 3.05) is 12.4 Å². The highest BCUT2D eigenvalue weighted by molar-refractivity contribution is 5.99. The van der Waals surface area contributed by atoms with Crippen LogP contribution >= 0.6 is 12.4 Å². The second-order valence-electron chi connectivity index (χ2n) is 4.54. The number of amides is 1. The third-order valence-electron chi connectivity index (χ3n) is 3.24. The fraction of sp³-hybridized carbons (Fsp3) is 0.385. The maximum atomic E-state index is 11.9. The van der Waals surface area contributed by atoms with E-state index in [0.29, 0.717) is 24.1 Å². The van der Waals surface area contributed by atoms with Crippen LogP contribution in [0.25, 0.3) is 0 Å². The number of anilines is 1. The summed E-state index contributed by atoms with van der Waals surface area (Å²) in [5, 5.41) is 2.73. The molecule has 2 rings (SSSR count). The number of esters is 1. The van der Waals surface area contributed by atoms with Crippen LogP contribution in [0, 0.1) is 0 Å². The first-order chi connectivity index (χ1) is 8.55. The molecule has 0 unspecified atom stereocenters. The molecule has 0 saturated heterocycles. The fourth-order valence-corrected chi connectivity index (χ4v) is 1.88. The Bertz CT molecular complexity index is 487. The third kappa shape index (κ3) is 3.24. The zero-order chi connectivity index (χ0) is 13.2. The standard InChI is InChI=1S/C13H16N2O3.ClH/c1-18-11(16)9-4-2-5-10(8-9)15-12(17)13(14)6-3-7-13;/h2,4-5,8H,3,6-7,14H2,1H3,(H,15,17);1H. The van der Waals surface area contributed by atoms with E-state index < -0.39 is 11.5 Å². The molecule has 1 aromatic carbocycles. The summed E-state index contributed by atoms with van der Waals surface area (Å²) in [7, 11) is 1.32. The van der Waals surface area contributed by atoms with Crippen molar-refractivity contribution >= 4 is 30.0 Å². The van der Waals surface area contributed by atoms with Gasteiger partial charge >= 0.3 is 5.97 Å². The number of nitrogens with one attached hydrogen (secondary N) is 1. The lowest BCUT2D eigenvalue weighted by Crippen LogP contribution is -2.56. The molecule has 1 saturated carbocycles. The van der Waals surface area contributed by atoms with Crippen LogP contribution in [0.3, 0.4) is 0 Å².